The van der Waals surface area contributed by atoms with Gasteiger partial charge in [0, 0.05) is 30.1 Å². The fourth-order valence-electron chi connectivity index (χ4n) is 2.48. The van der Waals surface area contributed by atoms with Crippen LogP contribution in [0.2, 0.25) is 0 Å². The van der Waals surface area contributed by atoms with Gasteiger partial charge in [-0.15, -0.1) is 11.6 Å². The lowest BCUT2D eigenvalue weighted by Crippen LogP contribution is -2.38. The molecule has 22 heavy (non-hydrogen) atoms. The lowest BCUT2D eigenvalue weighted by Gasteiger charge is -2.31. The largest absolute Gasteiger partial charge is 0.272 e. The van der Waals surface area contributed by atoms with Crippen molar-refractivity contribution in [2.75, 3.05) is 5.88 Å². The fraction of sp³-hybridized carbons (Fsp3) is 0.500. The van der Waals surface area contributed by atoms with Crippen molar-refractivity contribution >= 4 is 23.7 Å². The molecule has 1 aliphatic rings. The summed E-state index contributed by atoms with van der Waals surface area (Å²) in [5, 5.41) is 14.6. The zero-order chi connectivity index (χ0) is 16.2. The Labute approximate surface area is 135 Å². The third kappa shape index (κ3) is 3.45. The van der Waals surface area contributed by atoms with E-state index in [9.17, 15) is 4.79 Å². The van der Waals surface area contributed by atoms with Crippen LogP contribution >= 0.6 is 11.6 Å². The Balaban J connectivity index is 2.17. The first kappa shape index (κ1) is 16.4. The highest BCUT2D eigenvalue weighted by Gasteiger charge is 2.37. The number of nitrogens with zero attached hydrogens (tertiary/aromatic N) is 4. The predicted octanol–water partition coefficient (Wildman–Crippen LogP) is 3.26. The molecule has 1 unspecified atom stereocenters. The van der Waals surface area contributed by atoms with Crippen molar-refractivity contribution in [1.29, 1.82) is 5.26 Å². The van der Waals surface area contributed by atoms with E-state index in [0.29, 0.717) is 18.0 Å². The van der Waals surface area contributed by atoms with Gasteiger partial charge in [-0.3, -0.25) is 4.79 Å². The van der Waals surface area contributed by atoms with E-state index in [1.165, 1.54) is 5.01 Å². The second-order valence-corrected chi connectivity index (χ2v) is 6.34. The van der Waals surface area contributed by atoms with Crippen LogP contribution in [0, 0.1) is 16.7 Å². The average Bonchev–Trinajstić information content (AvgIpc) is 3.01. The summed E-state index contributed by atoms with van der Waals surface area (Å²) < 4.78 is 0. The van der Waals surface area contributed by atoms with Crippen LogP contribution in [-0.4, -0.2) is 28.0 Å². The van der Waals surface area contributed by atoms with Crippen LogP contribution in [0.1, 0.15) is 50.4 Å². The third-order valence-corrected chi connectivity index (χ3v) is 4.11. The molecule has 1 aliphatic heterocycles. The summed E-state index contributed by atoms with van der Waals surface area (Å²) in [7, 11) is 0. The number of amides is 1. The number of hydrogen-bond acceptors (Lipinski definition) is 4. The summed E-state index contributed by atoms with van der Waals surface area (Å²) in [4.78, 5) is 16.9. The van der Waals surface area contributed by atoms with Crippen molar-refractivity contribution in [3.05, 3.63) is 29.6 Å². The maximum atomic E-state index is 12.8. The Hall–Kier alpha value is -1.93. The number of nitriles is 1. The van der Waals surface area contributed by atoms with Crippen LogP contribution < -0.4 is 0 Å². The molecule has 0 saturated carbocycles. The summed E-state index contributed by atoms with van der Waals surface area (Å²) in [6, 6.07) is 5.33. The fourth-order valence-corrected chi connectivity index (χ4v) is 2.61. The maximum Gasteiger partial charge on any atom is 0.248 e. The Morgan fingerprint density at radius 3 is 2.91 bits per heavy atom. The first-order valence-corrected chi connectivity index (χ1v) is 7.81. The first-order chi connectivity index (χ1) is 10.5. The quantitative estimate of drug-likeness (QED) is 0.782. The van der Waals surface area contributed by atoms with Gasteiger partial charge < -0.3 is 0 Å². The molecule has 1 amide bonds. The molecule has 0 spiro atoms. The van der Waals surface area contributed by atoms with Crippen molar-refractivity contribution < 1.29 is 4.79 Å². The monoisotopic (exact) mass is 318 g/mol. The zero-order valence-corrected chi connectivity index (χ0v) is 13.5. The molecule has 6 heteroatoms. The molecule has 0 N–H and O–H groups in total. The van der Waals surface area contributed by atoms with E-state index >= 15 is 0 Å². The Kier molecular flexibility index (Phi) is 5.15. The van der Waals surface area contributed by atoms with Crippen LogP contribution in [0.3, 0.4) is 0 Å². The van der Waals surface area contributed by atoms with Crippen molar-refractivity contribution in [2.45, 2.75) is 39.2 Å². The number of carbonyl (C=O) groups is 1. The van der Waals surface area contributed by atoms with Gasteiger partial charge in [-0.1, -0.05) is 19.9 Å². The summed E-state index contributed by atoms with van der Waals surface area (Å²) in [5.41, 5.74) is 0.746. The molecule has 1 aromatic rings. The molecule has 2 heterocycles. The molecular weight excluding hydrogens is 300 g/mol. The summed E-state index contributed by atoms with van der Waals surface area (Å²) in [6.45, 7) is 3.84. The summed E-state index contributed by atoms with van der Waals surface area (Å²) in [5.74, 6) is 0.531. The number of alkyl halides is 1. The van der Waals surface area contributed by atoms with E-state index in [1.54, 1.807) is 18.5 Å². The number of hydrogen-bond donors (Lipinski definition) is 0. The molecule has 0 bridgehead atoms. The highest BCUT2D eigenvalue weighted by molar-refractivity contribution is 6.17. The van der Waals surface area contributed by atoms with Crippen LogP contribution in [0.4, 0.5) is 0 Å². The molecule has 0 radical (unpaired) electrons. The number of carbonyl (C=O) groups excluding carboxylic acids is 1. The number of aromatic nitrogens is 1. The van der Waals surface area contributed by atoms with Gasteiger partial charge in [0.2, 0.25) is 5.91 Å². The minimum absolute atomic E-state index is 0.0132. The van der Waals surface area contributed by atoms with Crippen LogP contribution in [0.5, 0.6) is 0 Å². The SMILES string of the molecule is CC(C)(CCCCl)C(=O)N1N=CCC1c1ccc(C#N)nc1. The van der Waals surface area contributed by atoms with E-state index in [-0.39, 0.29) is 11.9 Å². The van der Waals surface area contributed by atoms with Gasteiger partial charge in [-0.25, -0.2) is 9.99 Å². The maximum absolute atomic E-state index is 12.8. The van der Waals surface area contributed by atoms with Gasteiger partial charge in [-0.2, -0.15) is 10.4 Å². The van der Waals surface area contributed by atoms with Gasteiger partial charge >= 0.3 is 0 Å². The van der Waals surface area contributed by atoms with Gasteiger partial charge in [-0.05, 0) is 24.5 Å². The lowest BCUT2D eigenvalue weighted by atomic mass is 9.86. The molecule has 0 fully saturated rings. The second kappa shape index (κ2) is 6.89. The average molecular weight is 319 g/mol. The van der Waals surface area contributed by atoms with Crippen LogP contribution in [-0.2, 0) is 4.79 Å². The molecular formula is C16H19ClN4O. The Bertz CT molecular complexity index is 604. The van der Waals surface area contributed by atoms with Gasteiger partial charge in [0.25, 0.3) is 0 Å². The van der Waals surface area contributed by atoms with E-state index in [1.807, 2.05) is 26.0 Å². The lowest BCUT2D eigenvalue weighted by molar-refractivity contribution is -0.142. The van der Waals surface area contributed by atoms with Gasteiger partial charge in [0.05, 0.1) is 6.04 Å². The minimum Gasteiger partial charge on any atom is -0.272 e. The van der Waals surface area contributed by atoms with E-state index in [2.05, 4.69) is 10.1 Å². The highest BCUT2D eigenvalue weighted by Crippen LogP contribution is 2.34. The second-order valence-electron chi connectivity index (χ2n) is 5.96. The Morgan fingerprint density at radius 1 is 1.55 bits per heavy atom. The number of halogens is 1. The predicted molar refractivity (Wildman–Crippen MR) is 85.4 cm³/mol. The smallest absolute Gasteiger partial charge is 0.248 e. The summed E-state index contributed by atoms with van der Waals surface area (Å²) >= 11 is 5.74. The van der Waals surface area contributed by atoms with E-state index in [0.717, 1.165) is 18.4 Å². The standard InChI is InChI=1S/C16H19ClN4O/c1-16(2,7-3-8-17)15(22)21-14(6-9-20-21)12-4-5-13(10-18)19-11-12/h4-5,9,11,14H,3,6-8H2,1-2H3. The van der Waals surface area contributed by atoms with Crippen molar-refractivity contribution in [3.8, 4) is 6.07 Å². The molecule has 0 saturated heterocycles. The van der Waals surface area contributed by atoms with Crippen molar-refractivity contribution in [2.24, 2.45) is 10.5 Å². The normalized spacial score (nSPS) is 17.5. The zero-order valence-electron chi connectivity index (χ0n) is 12.8. The molecule has 116 valence electrons. The van der Waals surface area contributed by atoms with Crippen LogP contribution in [0.15, 0.2) is 23.4 Å². The first-order valence-electron chi connectivity index (χ1n) is 7.27. The minimum atomic E-state index is -0.505. The number of hydrazone groups is 1. The van der Waals surface area contributed by atoms with E-state index in [4.69, 9.17) is 16.9 Å². The molecule has 1 atom stereocenters. The van der Waals surface area contributed by atoms with Crippen molar-refractivity contribution in [3.63, 3.8) is 0 Å². The number of pyridine rings is 1. The molecule has 0 aliphatic carbocycles. The van der Waals surface area contributed by atoms with Gasteiger partial charge in [0.1, 0.15) is 11.8 Å². The summed E-state index contributed by atoms with van der Waals surface area (Å²) in [6.07, 6.45) is 5.56. The van der Waals surface area contributed by atoms with E-state index < -0.39 is 5.41 Å². The molecule has 5 nitrogen and oxygen atoms in total. The Morgan fingerprint density at radius 2 is 2.32 bits per heavy atom. The van der Waals surface area contributed by atoms with Gasteiger partial charge in [0.15, 0.2) is 0 Å². The topological polar surface area (TPSA) is 69.3 Å². The number of rotatable bonds is 5. The van der Waals surface area contributed by atoms with Crippen LogP contribution in [0.25, 0.3) is 0 Å². The molecule has 2 rings (SSSR count). The third-order valence-electron chi connectivity index (χ3n) is 3.84. The highest BCUT2D eigenvalue weighted by atomic mass is 35.5. The van der Waals surface area contributed by atoms with Crippen molar-refractivity contribution in [1.82, 2.24) is 9.99 Å². The molecule has 1 aromatic heterocycles. The molecule has 0 aromatic carbocycles.